The number of nitrogens with one attached hydrogen (secondary N) is 3. The Morgan fingerprint density at radius 3 is 2.77 bits per heavy atom. The van der Waals surface area contributed by atoms with Crippen molar-refractivity contribution in [2.45, 2.75) is 25.7 Å². The van der Waals surface area contributed by atoms with Crippen molar-refractivity contribution in [1.29, 1.82) is 0 Å². The van der Waals surface area contributed by atoms with E-state index in [-0.39, 0.29) is 11.3 Å². The molecule has 6 heteroatoms. The zero-order chi connectivity index (χ0) is 15.6. The molecule has 1 aliphatic heterocycles. The predicted octanol–water partition coefficient (Wildman–Crippen LogP) is 1.90. The quantitative estimate of drug-likeness (QED) is 0.686. The van der Waals surface area contributed by atoms with Crippen molar-refractivity contribution in [2.24, 2.45) is 17.1 Å². The highest BCUT2D eigenvalue weighted by Crippen LogP contribution is 2.44. The molecule has 0 unspecified atom stereocenters. The summed E-state index contributed by atoms with van der Waals surface area (Å²) in [6, 6.07) is 6.44. The maximum absolute atomic E-state index is 12.8. The van der Waals surface area contributed by atoms with Crippen LogP contribution in [0.1, 0.15) is 25.7 Å². The number of rotatable bonds is 3. The van der Waals surface area contributed by atoms with E-state index in [9.17, 15) is 9.59 Å². The smallest absolute Gasteiger partial charge is 0.316 e. The number of carbonyl (C=O) groups excluding carboxylic acids is 2. The van der Waals surface area contributed by atoms with Gasteiger partial charge < -0.3 is 21.7 Å². The summed E-state index contributed by atoms with van der Waals surface area (Å²) >= 11 is 0. The molecule has 2 atom stereocenters. The van der Waals surface area contributed by atoms with Gasteiger partial charge in [-0.15, -0.1) is 0 Å². The van der Waals surface area contributed by atoms with Gasteiger partial charge in [0, 0.05) is 17.9 Å². The van der Waals surface area contributed by atoms with Crippen LogP contribution in [-0.4, -0.2) is 25.0 Å². The van der Waals surface area contributed by atoms with Crippen molar-refractivity contribution in [3.8, 4) is 0 Å². The third-order valence-corrected chi connectivity index (χ3v) is 4.88. The molecule has 0 radical (unpaired) electrons. The number of fused-ring (bicyclic) bond motifs is 1. The molecule has 6 nitrogen and oxygen atoms in total. The SMILES string of the molecule is NC(=O)Nc1cccc(NC(=O)[C@@]23CCCC[C@H]2CNC3)c1. The molecule has 0 bridgehead atoms. The van der Waals surface area contributed by atoms with Crippen LogP contribution in [0.25, 0.3) is 0 Å². The Labute approximate surface area is 129 Å². The molecule has 0 spiro atoms. The van der Waals surface area contributed by atoms with Crippen molar-refractivity contribution in [1.82, 2.24) is 5.32 Å². The minimum absolute atomic E-state index is 0.0819. The van der Waals surface area contributed by atoms with Crippen molar-refractivity contribution < 1.29 is 9.59 Å². The summed E-state index contributed by atoms with van der Waals surface area (Å²) < 4.78 is 0. The molecule has 0 aromatic heterocycles. The normalized spacial score (nSPS) is 27.0. The summed E-state index contributed by atoms with van der Waals surface area (Å²) in [7, 11) is 0. The van der Waals surface area contributed by atoms with E-state index in [0.717, 1.165) is 32.4 Å². The first kappa shape index (κ1) is 14.8. The van der Waals surface area contributed by atoms with Crippen LogP contribution in [0.2, 0.25) is 0 Å². The summed E-state index contributed by atoms with van der Waals surface area (Å²) in [5.74, 6) is 0.506. The second kappa shape index (κ2) is 5.96. The average Bonchev–Trinajstić information content (AvgIpc) is 2.92. The summed E-state index contributed by atoms with van der Waals surface area (Å²) in [4.78, 5) is 23.8. The maximum Gasteiger partial charge on any atom is 0.316 e. The van der Waals surface area contributed by atoms with Gasteiger partial charge in [0.25, 0.3) is 0 Å². The standard InChI is InChI=1S/C16H22N4O2/c17-15(22)20-13-6-3-5-12(8-13)19-14(21)16-7-2-1-4-11(16)9-18-10-16/h3,5-6,8,11,18H,1-2,4,7,9-10H2,(H,19,21)(H3,17,20,22)/t11-,16+/m0/s1. The van der Waals surface area contributed by atoms with Gasteiger partial charge in [-0.2, -0.15) is 0 Å². The third kappa shape index (κ3) is 2.78. The van der Waals surface area contributed by atoms with E-state index in [1.807, 2.05) is 6.07 Å². The van der Waals surface area contributed by atoms with Crippen LogP contribution in [-0.2, 0) is 4.79 Å². The summed E-state index contributed by atoms with van der Waals surface area (Å²) in [6.45, 7) is 1.68. The predicted molar refractivity (Wildman–Crippen MR) is 85.5 cm³/mol. The minimum atomic E-state index is -0.616. The van der Waals surface area contributed by atoms with E-state index in [2.05, 4.69) is 16.0 Å². The summed E-state index contributed by atoms with van der Waals surface area (Å²) in [6.07, 6.45) is 4.37. The lowest BCUT2D eigenvalue weighted by atomic mass is 9.67. The topological polar surface area (TPSA) is 96.2 Å². The van der Waals surface area contributed by atoms with Gasteiger partial charge in [-0.25, -0.2) is 4.79 Å². The molecule has 22 heavy (non-hydrogen) atoms. The highest BCUT2D eigenvalue weighted by Gasteiger charge is 2.49. The van der Waals surface area contributed by atoms with Crippen LogP contribution >= 0.6 is 0 Å². The van der Waals surface area contributed by atoms with Crippen molar-refractivity contribution in [3.05, 3.63) is 24.3 Å². The van der Waals surface area contributed by atoms with E-state index in [1.165, 1.54) is 6.42 Å². The Kier molecular flexibility index (Phi) is 4.02. The first-order valence-corrected chi connectivity index (χ1v) is 7.79. The second-order valence-corrected chi connectivity index (χ2v) is 6.25. The van der Waals surface area contributed by atoms with Crippen molar-refractivity contribution in [2.75, 3.05) is 23.7 Å². The first-order chi connectivity index (χ1) is 10.6. The highest BCUT2D eigenvalue weighted by molar-refractivity contribution is 5.97. The maximum atomic E-state index is 12.8. The van der Waals surface area contributed by atoms with E-state index in [4.69, 9.17) is 5.73 Å². The number of benzene rings is 1. The Morgan fingerprint density at radius 1 is 1.23 bits per heavy atom. The zero-order valence-corrected chi connectivity index (χ0v) is 12.5. The van der Waals surface area contributed by atoms with Gasteiger partial charge in [0.05, 0.1) is 5.41 Å². The van der Waals surface area contributed by atoms with Gasteiger partial charge in [0.2, 0.25) is 5.91 Å². The Morgan fingerprint density at radius 2 is 2.00 bits per heavy atom. The fourth-order valence-corrected chi connectivity index (χ4v) is 3.76. The average molecular weight is 302 g/mol. The van der Waals surface area contributed by atoms with E-state index >= 15 is 0 Å². The van der Waals surface area contributed by atoms with E-state index < -0.39 is 6.03 Å². The van der Waals surface area contributed by atoms with E-state index in [1.54, 1.807) is 18.2 Å². The van der Waals surface area contributed by atoms with Gasteiger partial charge in [0.15, 0.2) is 0 Å². The van der Waals surface area contributed by atoms with Gasteiger partial charge in [0.1, 0.15) is 0 Å². The number of carbonyl (C=O) groups is 2. The monoisotopic (exact) mass is 302 g/mol. The number of hydrogen-bond acceptors (Lipinski definition) is 3. The lowest BCUT2D eigenvalue weighted by molar-refractivity contribution is -0.128. The lowest BCUT2D eigenvalue weighted by Crippen LogP contribution is -2.44. The van der Waals surface area contributed by atoms with E-state index in [0.29, 0.717) is 17.3 Å². The molecule has 5 N–H and O–H groups in total. The Bertz CT molecular complexity index is 589. The van der Waals surface area contributed by atoms with Gasteiger partial charge in [-0.3, -0.25) is 4.79 Å². The molecule has 1 heterocycles. The number of primary amides is 1. The third-order valence-electron chi connectivity index (χ3n) is 4.88. The summed E-state index contributed by atoms with van der Waals surface area (Å²) in [5.41, 5.74) is 6.09. The lowest BCUT2D eigenvalue weighted by Gasteiger charge is -2.37. The largest absolute Gasteiger partial charge is 0.351 e. The van der Waals surface area contributed by atoms with Gasteiger partial charge in [-0.05, 0) is 43.5 Å². The molecule has 1 saturated carbocycles. The molecule has 1 saturated heterocycles. The Balaban J connectivity index is 1.75. The van der Waals surface area contributed by atoms with Crippen LogP contribution in [0.5, 0.6) is 0 Å². The van der Waals surface area contributed by atoms with Crippen LogP contribution in [0.3, 0.4) is 0 Å². The van der Waals surface area contributed by atoms with Crippen LogP contribution in [0, 0.1) is 11.3 Å². The summed E-state index contributed by atoms with van der Waals surface area (Å²) in [5, 5.41) is 8.91. The number of anilines is 2. The number of amides is 3. The molecule has 1 aliphatic carbocycles. The molecule has 118 valence electrons. The van der Waals surface area contributed by atoms with Gasteiger partial charge >= 0.3 is 6.03 Å². The minimum Gasteiger partial charge on any atom is -0.351 e. The second-order valence-electron chi connectivity index (χ2n) is 6.25. The Hall–Kier alpha value is -2.08. The van der Waals surface area contributed by atoms with Crippen molar-refractivity contribution in [3.63, 3.8) is 0 Å². The fourth-order valence-electron chi connectivity index (χ4n) is 3.76. The molecule has 1 aromatic rings. The number of urea groups is 1. The molecular weight excluding hydrogens is 280 g/mol. The highest BCUT2D eigenvalue weighted by atomic mass is 16.2. The van der Waals surface area contributed by atoms with Crippen LogP contribution in [0.15, 0.2) is 24.3 Å². The fraction of sp³-hybridized carbons (Fsp3) is 0.500. The molecule has 3 rings (SSSR count). The van der Waals surface area contributed by atoms with Gasteiger partial charge in [-0.1, -0.05) is 18.9 Å². The number of hydrogen-bond donors (Lipinski definition) is 4. The molecule has 3 amide bonds. The molecule has 2 aliphatic rings. The zero-order valence-electron chi connectivity index (χ0n) is 12.5. The van der Waals surface area contributed by atoms with Crippen molar-refractivity contribution >= 4 is 23.3 Å². The van der Waals surface area contributed by atoms with Crippen LogP contribution in [0.4, 0.5) is 16.2 Å². The number of nitrogens with two attached hydrogens (primary N) is 1. The molecular formula is C16H22N4O2. The van der Waals surface area contributed by atoms with Crippen LogP contribution < -0.4 is 21.7 Å². The molecule has 1 aromatic carbocycles. The first-order valence-electron chi connectivity index (χ1n) is 7.79. The molecule has 2 fully saturated rings.